The van der Waals surface area contributed by atoms with Crippen molar-refractivity contribution in [2.45, 2.75) is 205 Å². The van der Waals surface area contributed by atoms with Crippen molar-refractivity contribution in [1.82, 2.24) is 4.90 Å². The van der Waals surface area contributed by atoms with E-state index in [4.69, 9.17) is 18.9 Å². The summed E-state index contributed by atoms with van der Waals surface area (Å²) in [5.41, 5.74) is -1.29. The van der Waals surface area contributed by atoms with Gasteiger partial charge in [-0.1, -0.05) is 72.1 Å². The van der Waals surface area contributed by atoms with Crippen molar-refractivity contribution in [3.05, 3.63) is 11.6 Å². The molecule has 58 heavy (non-hydrogen) atoms. The topological polar surface area (TPSA) is 132 Å². The SMILES string of the molecule is CCCCCCOC(CCCCCN(CCCCO)CCCCCC(=O)OCC(=O)C1(O)CCC2C3CCC4=CC(=O)CCC45OC(CC21C)C35)OCCCCCC. The van der Waals surface area contributed by atoms with Gasteiger partial charge in [0.05, 0.1) is 11.7 Å². The number of fused-ring (bicyclic) bond motifs is 2. The lowest BCUT2D eigenvalue weighted by Crippen LogP contribution is -2.72. The molecule has 7 unspecified atom stereocenters. The smallest absolute Gasteiger partial charge is 0.306 e. The van der Waals surface area contributed by atoms with Gasteiger partial charge in [-0.3, -0.25) is 14.4 Å². The molecule has 7 atom stereocenters. The molecule has 0 radical (unpaired) electrons. The van der Waals surface area contributed by atoms with Gasteiger partial charge in [0.1, 0.15) is 5.60 Å². The highest BCUT2D eigenvalue weighted by Crippen LogP contribution is 2.71. The Bertz CT molecular complexity index is 1310. The van der Waals surface area contributed by atoms with Crippen LogP contribution in [0.3, 0.4) is 0 Å². The molecule has 4 fully saturated rings. The number of nitrogens with zero attached hydrogens (tertiary/aromatic N) is 1. The molecule has 10 nitrogen and oxygen atoms in total. The van der Waals surface area contributed by atoms with Gasteiger partial charge in [0.2, 0.25) is 5.78 Å². The second kappa shape index (κ2) is 23.5. The number of unbranched alkanes of at least 4 members (excludes halogenated alkanes) is 11. The van der Waals surface area contributed by atoms with Crippen LogP contribution >= 0.6 is 0 Å². The molecule has 1 saturated heterocycles. The lowest BCUT2D eigenvalue weighted by molar-refractivity contribution is -0.317. The Hall–Kier alpha value is -1.69. The third-order valence-electron chi connectivity index (χ3n) is 14.9. The normalized spacial score (nSPS) is 29.8. The van der Waals surface area contributed by atoms with E-state index in [0.717, 1.165) is 123 Å². The number of rotatable bonds is 31. The fourth-order valence-electron chi connectivity index (χ4n) is 11.6. The van der Waals surface area contributed by atoms with Crippen LogP contribution in [0.2, 0.25) is 0 Å². The van der Waals surface area contributed by atoms with Crippen LogP contribution in [0.5, 0.6) is 0 Å². The second-order valence-corrected chi connectivity index (χ2v) is 18.8. The number of carbonyl (C=O) groups is 3. The summed E-state index contributed by atoms with van der Waals surface area (Å²) in [4.78, 5) is 41.2. The molecule has 2 N–H and O–H groups in total. The summed E-state index contributed by atoms with van der Waals surface area (Å²) in [5.74, 6) is 0.384. The fraction of sp³-hybridized carbons (Fsp3) is 0.896. The third-order valence-corrected chi connectivity index (χ3v) is 14.9. The molecule has 0 amide bonds. The van der Waals surface area contributed by atoms with Crippen molar-refractivity contribution in [3.63, 3.8) is 0 Å². The maximum absolute atomic E-state index is 13.7. The summed E-state index contributed by atoms with van der Waals surface area (Å²) in [7, 11) is 0. The Balaban J connectivity index is 0.974. The van der Waals surface area contributed by atoms with E-state index in [-0.39, 0.29) is 61.1 Å². The maximum Gasteiger partial charge on any atom is 0.306 e. The van der Waals surface area contributed by atoms with Gasteiger partial charge in [-0.25, -0.2) is 0 Å². The molecule has 0 bridgehead atoms. The van der Waals surface area contributed by atoms with Gasteiger partial charge >= 0.3 is 5.97 Å². The predicted molar refractivity (Wildman–Crippen MR) is 226 cm³/mol. The largest absolute Gasteiger partial charge is 0.458 e. The van der Waals surface area contributed by atoms with E-state index in [2.05, 4.69) is 25.7 Å². The molecular formula is C48H81NO9. The number of hydrogen-bond acceptors (Lipinski definition) is 10. The van der Waals surface area contributed by atoms with Gasteiger partial charge in [0, 0.05) is 44.0 Å². The first-order valence-corrected chi connectivity index (χ1v) is 24.0. The van der Waals surface area contributed by atoms with Gasteiger partial charge in [0.15, 0.2) is 18.7 Å². The van der Waals surface area contributed by atoms with Crippen LogP contribution in [0, 0.1) is 23.2 Å². The molecule has 1 spiro atoms. The Morgan fingerprint density at radius 2 is 1.50 bits per heavy atom. The van der Waals surface area contributed by atoms with E-state index >= 15 is 0 Å². The maximum atomic E-state index is 13.7. The monoisotopic (exact) mass is 816 g/mol. The molecule has 332 valence electrons. The molecule has 0 aromatic rings. The summed E-state index contributed by atoms with van der Waals surface area (Å²) in [6, 6.07) is 0. The first kappa shape index (κ1) is 47.4. The molecular weight excluding hydrogens is 735 g/mol. The number of hydrogen-bond donors (Lipinski definition) is 2. The van der Waals surface area contributed by atoms with Crippen molar-refractivity contribution in [1.29, 1.82) is 0 Å². The molecule has 10 heteroatoms. The minimum atomic E-state index is -1.53. The van der Waals surface area contributed by atoms with E-state index < -0.39 is 11.0 Å². The van der Waals surface area contributed by atoms with Gasteiger partial charge in [-0.2, -0.15) is 0 Å². The summed E-state index contributed by atoms with van der Waals surface area (Å²) in [6.07, 6.45) is 25.1. The number of Topliss-reactive ketones (excluding diaryl/α,β-unsaturated/α-hetero) is 1. The highest BCUT2D eigenvalue weighted by molar-refractivity contribution is 5.92. The van der Waals surface area contributed by atoms with Gasteiger partial charge in [-0.05, 0) is 139 Å². The minimum absolute atomic E-state index is 0.0128. The van der Waals surface area contributed by atoms with E-state index in [9.17, 15) is 24.6 Å². The summed E-state index contributed by atoms with van der Waals surface area (Å²) >= 11 is 0. The van der Waals surface area contributed by atoms with Crippen LogP contribution in [0.15, 0.2) is 11.6 Å². The lowest BCUT2D eigenvalue weighted by Gasteiger charge is -2.69. The number of aliphatic hydroxyl groups is 2. The first-order valence-electron chi connectivity index (χ1n) is 24.0. The van der Waals surface area contributed by atoms with E-state index in [1.807, 2.05) is 6.08 Å². The average Bonchev–Trinajstić information content (AvgIpc) is 3.48. The number of ether oxygens (including phenoxy) is 4. The van der Waals surface area contributed by atoms with Crippen LogP contribution in [0.1, 0.15) is 181 Å². The van der Waals surface area contributed by atoms with Crippen molar-refractivity contribution in [3.8, 4) is 0 Å². The molecule has 0 aromatic heterocycles. The van der Waals surface area contributed by atoms with Crippen LogP contribution in [-0.4, -0.2) is 102 Å². The van der Waals surface area contributed by atoms with E-state index in [0.29, 0.717) is 37.5 Å². The molecule has 1 aliphatic heterocycles. The molecule has 0 aromatic carbocycles. The molecule has 5 aliphatic rings. The highest BCUT2D eigenvalue weighted by Gasteiger charge is 2.73. The molecule has 4 aliphatic carbocycles. The lowest BCUT2D eigenvalue weighted by atomic mass is 9.45. The zero-order valence-corrected chi connectivity index (χ0v) is 36.8. The Labute approximate surface area is 350 Å². The third kappa shape index (κ3) is 11.8. The highest BCUT2D eigenvalue weighted by atomic mass is 16.7. The van der Waals surface area contributed by atoms with Crippen LogP contribution in [0.25, 0.3) is 0 Å². The Morgan fingerprint density at radius 1 is 0.845 bits per heavy atom. The number of ketones is 2. The van der Waals surface area contributed by atoms with Crippen LogP contribution in [-0.2, 0) is 33.3 Å². The van der Waals surface area contributed by atoms with Crippen molar-refractivity contribution >= 4 is 17.5 Å². The predicted octanol–water partition coefficient (Wildman–Crippen LogP) is 8.82. The summed E-state index contributed by atoms with van der Waals surface area (Å²) in [6.45, 7) is 10.9. The second-order valence-electron chi connectivity index (χ2n) is 18.8. The van der Waals surface area contributed by atoms with Gasteiger partial charge in [0.25, 0.3) is 0 Å². The zero-order chi connectivity index (χ0) is 41.4. The Morgan fingerprint density at radius 3 is 2.17 bits per heavy atom. The number of esters is 1. The molecule has 5 rings (SSSR count). The fourth-order valence-corrected chi connectivity index (χ4v) is 11.6. The number of aliphatic hydroxyl groups excluding tert-OH is 1. The quantitative estimate of drug-likeness (QED) is 0.0398. The standard InChI is InChI=1S/C48H81NO9/c1-4-6-8-18-32-55-44(56-33-19-9-7-5-2)21-13-11-15-29-49(30-16-17-31-50)28-14-10-12-20-43(53)57-36-42(52)48(54)27-25-40-39-23-22-37-34-38(51)24-26-47(37)45(39)41(58-47)35-46(40,48)3/h34,39-41,44-45,50,54H,4-33,35-36H2,1-3H3. The minimum Gasteiger partial charge on any atom is -0.458 e. The van der Waals surface area contributed by atoms with E-state index in [1.54, 1.807) is 0 Å². The van der Waals surface area contributed by atoms with E-state index in [1.165, 1.54) is 44.1 Å². The molecule has 1 heterocycles. The summed E-state index contributed by atoms with van der Waals surface area (Å²) in [5, 5.41) is 21.4. The van der Waals surface area contributed by atoms with Crippen molar-refractivity contribution < 1.29 is 43.5 Å². The van der Waals surface area contributed by atoms with Crippen LogP contribution < -0.4 is 0 Å². The van der Waals surface area contributed by atoms with Crippen molar-refractivity contribution in [2.75, 3.05) is 46.1 Å². The van der Waals surface area contributed by atoms with Gasteiger partial charge in [-0.15, -0.1) is 0 Å². The van der Waals surface area contributed by atoms with Crippen molar-refractivity contribution in [2.24, 2.45) is 23.2 Å². The summed E-state index contributed by atoms with van der Waals surface area (Å²) < 4.78 is 24.5. The zero-order valence-electron chi connectivity index (χ0n) is 36.8. The first-order chi connectivity index (χ1) is 28.1. The molecule has 3 saturated carbocycles. The number of carbonyl (C=O) groups excluding carboxylic acids is 3. The average molecular weight is 816 g/mol. The Kier molecular flexibility index (Phi) is 19.2. The van der Waals surface area contributed by atoms with Gasteiger partial charge < -0.3 is 34.1 Å². The van der Waals surface area contributed by atoms with Crippen LogP contribution in [0.4, 0.5) is 0 Å².